The van der Waals surface area contributed by atoms with Crippen LogP contribution < -0.4 is 0 Å². The van der Waals surface area contributed by atoms with E-state index in [1.807, 2.05) is 0 Å². The molecule has 3 heteroatoms. The minimum Gasteiger partial charge on any atom is -0.496 e. The van der Waals surface area contributed by atoms with Crippen molar-refractivity contribution in [1.82, 2.24) is 0 Å². The van der Waals surface area contributed by atoms with Crippen LogP contribution in [-0.4, -0.2) is 30.0 Å². The van der Waals surface area contributed by atoms with Crippen molar-refractivity contribution in [3.63, 3.8) is 0 Å². The Bertz CT molecular complexity index is 181. The van der Waals surface area contributed by atoms with Crippen molar-refractivity contribution in [3.05, 3.63) is 12.8 Å². The van der Waals surface area contributed by atoms with Crippen LogP contribution in [0, 0.1) is 5.92 Å². The molecule has 0 amide bonds. The van der Waals surface area contributed by atoms with E-state index in [2.05, 4.69) is 6.58 Å². The molecule has 2 rings (SSSR count). The third-order valence-corrected chi connectivity index (χ3v) is 2.80. The lowest BCUT2D eigenvalue weighted by atomic mass is 9.88. The minimum absolute atomic E-state index is 0.176. The number of fused-ring (bicyclic) bond motifs is 2. The molecule has 2 heterocycles. The average molecular weight is 170 g/mol. The Hall–Kier alpha value is -0.540. The van der Waals surface area contributed by atoms with Crippen molar-refractivity contribution < 1.29 is 14.6 Å². The molecule has 0 aromatic rings. The van der Waals surface area contributed by atoms with E-state index in [-0.39, 0.29) is 24.9 Å². The maximum atomic E-state index is 8.96. The Balaban J connectivity index is 1.93. The maximum Gasteiger partial charge on any atom is 0.126 e. The molecule has 0 spiro atoms. The maximum absolute atomic E-state index is 8.96. The fourth-order valence-electron chi connectivity index (χ4n) is 2.17. The lowest BCUT2D eigenvalue weighted by molar-refractivity contribution is 0.0443. The zero-order chi connectivity index (χ0) is 8.55. The van der Waals surface area contributed by atoms with Crippen LogP contribution >= 0.6 is 0 Å². The molecule has 0 aliphatic carbocycles. The van der Waals surface area contributed by atoms with E-state index in [4.69, 9.17) is 14.6 Å². The molecule has 12 heavy (non-hydrogen) atoms. The summed E-state index contributed by atoms with van der Waals surface area (Å²) < 4.78 is 10.9. The van der Waals surface area contributed by atoms with Crippen molar-refractivity contribution in [2.75, 3.05) is 6.61 Å². The van der Waals surface area contributed by atoms with Crippen LogP contribution in [0.4, 0.5) is 0 Å². The molecule has 0 radical (unpaired) electrons. The van der Waals surface area contributed by atoms with Gasteiger partial charge < -0.3 is 14.6 Å². The largest absolute Gasteiger partial charge is 0.496 e. The topological polar surface area (TPSA) is 38.7 Å². The van der Waals surface area contributed by atoms with Gasteiger partial charge >= 0.3 is 0 Å². The van der Waals surface area contributed by atoms with E-state index in [9.17, 15) is 0 Å². The predicted octanol–water partition coefficient (Wildman–Crippen LogP) is 0.685. The second-order valence-corrected chi connectivity index (χ2v) is 3.47. The Kier molecular flexibility index (Phi) is 2.07. The summed E-state index contributed by atoms with van der Waals surface area (Å²) in [5.74, 6) is 0.333. The van der Waals surface area contributed by atoms with Crippen molar-refractivity contribution in [2.45, 2.75) is 31.2 Å². The van der Waals surface area contributed by atoms with Gasteiger partial charge in [0.1, 0.15) is 6.10 Å². The molecule has 2 aliphatic heterocycles. The van der Waals surface area contributed by atoms with E-state index in [1.165, 1.54) is 6.26 Å². The molecule has 4 atom stereocenters. The summed E-state index contributed by atoms with van der Waals surface area (Å²) >= 11 is 0. The van der Waals surface area contributed by atoms with Gasteiger partial charge in [0.05, 0.1) is 18.5 Å². The third-order valence-electron chi connectivity index (χ3n) is 2.80. The Labute approximate surface area is 72.0 Å². The second kappa shape index (κ2) is 3.07. The van der Waals surface area contributed by atoms with E-state index >= 15 is 0 Å². The molecule has 2 aliphatic rings. The first-order valence-electron chi connectivity index (χ1n) is 4.38. The Morgan fingerprint density at radius 1 is 1.50 bits per heavy atom. The number of aliphatic hydroxyl groups is 1. The van der Waals surface area contributed by atoms with Gasteiger partial charge in [0.2, 0.25) is 0 Å². The first-order valence-corrected chi connectivity index (χ1v) is 4.38. The van der Waals surface area contributed by atoms with E-state index in [1.54, 1.807) is 0 Å². The molecule has 2 saturated heterocycles. The summed E-state index contributed by atoms with van der Waals surface area (Å²) in [6, 6.07) is 0. The average Bonchev–Trinajstić information content (AvgIpc) is 2.62. The summed E-state index contributed by atoms with van der Waals surface area (Å²) in [6.07, 6.45) is 3.88. The summed E-state index contributed by atoms with van der Waals surface area (Å²) in [5, 5.41) is 8.96. The van der Waals surface area contributed by atoms with Crippen molar-refractivity contribution in [1.29, 1.82) is 0 Å². The molecule has 1 N–H and O–H groups in total. The van der Waals surface area contributed by atoms with Gasteiger partial charge in [-0.1, -0.05) is 6.58 Å². The fraction of sp³-hybridized carbons (Fsp3) is 0.778. The van der Waals surface area contributed by atoms with Gasteiger partial charge in [0, 0.05) is 18.9 Å². The minimum atomic E-state index is 0.176. The smallest absolute Gasteiger partial charge is 0.126 e. The van der Waals surface area contributed by atoms with Gasteiger partial charge in [0.15, 0.2) is 0 Å². The molecule has 0 aromatic carbocycles. The zero-order valence-corrected chi connectivity index (χ0v) is 6.98. The van der Waals surface area contributed by atoms with Crippen molar-refractivity contribution >= 4 is 0 Å². The van der Waals surface area contributed by atoms with Crippen LogP contribution in [0.3, 0.4) is 0 Å². The summed E-state index contributed by atoms with van der Waals surface area (Å²) in [5.41, 5.74) is 0. The van der Waals surface area contributed by atoms with Gasteiger partial charge in [-0.05, 0) is 6.42 Å². The van der Waals surface area contributed by atoms with Gasteiger partial charge in [0.25, 0.3) is 0 Å². The van der Waals surface area contributed by atoms with E-state index < -0.39 is 0 Å². The standard InChI is InChI=1S/C9H14O3/c1-2-11-8-4-7-6(5-10)3-9(8)12-7/h2,6-10H,1,3-5H2. The molecule has 2 bridgehead atoms. The molecule has 2 fully saturated rings. The molecule has 68 valence electrons. The Morgan fingerprint density at radius 3 is 2.83 bits per heavy atom. The normalized spacial score (nSPS) is 44.8. The van der Waals surface area contributed by atoms with Crippen LogP contribution in [0.2, 0.25) is 0 Å². The fourth-order valence-corrected chi connectivity index (χ4v) is 2.17. The molecule has 0 aromatic heterocycles. The number of hydrogen-bond donors (Lipinski definition) is 1. The summed E-state index contributed by atoms with van der Waals surface area (Å²) in [6.45, 7) is 3.76. The highest BCUT2D eigenvalue weighted by atomic mass is 16.6. The van der Waals surface area contributed by atoms with Crippen LogP contribution in [-0.2, 0) is 9.47 Å². The number of aliphatic hydroxyl groups excluding tert-OH is 1. The zero-order valence-electron chi connectivity index (χ0n) is 6.98. The first kappa shape index (κ1) is 8.08. The van der Waals surface area contributed by atoms with Crippen molar-refractivity contribution in [3.8, 4) is 0 Å². The van der Waals surface area contributed by atoms with Gasteiger partial charge in [-0.3, -0.25) is 0 Å². The first-order chi connectivity index (χ1) is 5.85. The molecular weight excluding hydrogens is 156 g/mol. The van der Waals surface area contributed by atoms with Crippen LogP contribution in [0.15, 0.2) is 12.8 Å². The van der Waals surface area contributed by atoms with Crippen LogP contribution in [0.1, 0.15) is 12.8 Å². The highest BCUT2D eigenvalue weighted by molar-refractivity contribution is 4.96. The number of rotatable bonds is 3. The molecular formula is C9H14O3. The second-order valence-electron chi connectivity index (χ2n) is 3.47. The number of hydrogen-bond acceptors (Lipinski definition) is 3. The van der Waals surface area contributed by atoms with Crippen LogP contribution in [0.25, 0.3) is 0 Å². The summed E-state index contributed by atoms with van der Waals surface area (Å²) in [4.78, 5) is 0. The lowest BCUT2D eigenvalue weighted by Crippen LogP contribution is -2.29. The highest BCUT2D eigenvalue weighted by Crippen LogP contribution is 2.40. The van der Waals surface area contributed by atoms with Crippen molar-refractivity contribution in [2.24, 2.45) is 5.92 Å². The van der Waals surface area contributed by atoms with Gasteiger partial charge in [-0.2, -0.15) is 0 Å². The quantitative estimate of drug-likeness (QED) is 0.633. The van der Waals surface area contributed by atoms with Gasteiger partial charge in [-0.25, -0.2) is 0 Å². The molecule has 3 nitrogen and oxygen atoms in total. The lowest BCUT2D eigenvalue weighted by Gasteiger charge is -2.22. The predicted molar refractivity (Wildman–Crippen MR) is 43.5 cm³/mol. The van der Waals surface area contributed by atoms with E-state index in [0.29, 0.717) is 5.92 Å². The van der Waals surface area contributed by atoms with Crippen LogP contribution in [0.5, 0.6) is 0 Å². The monoisotopic (exact) mass is 170 g/mol. The number of ether oxygens (including phenoxy) is 2. The summed E-state index contributed by atoms with van der Waals surface area (Å²) in [7, 11) is 0. The molecule has 0 saturated carbocycles. The van der Waals surface area contributed by atoms with Gasteiger partial charge in [-0.15, -0.1) is 0 Å². The highest BCUT2D eigenvalue weighted by Gasteiger charge is 2.47. The SMILES string of the molecule is C=COC1CC2OC1CC2CO. The molecule has 4 unspecified atom stereocenters. The Morgan fingerprint density at radius 2 is 2.33 bits per heavy atom. The third kappa shape index (κ3) is 1.13. The van der Waals surface area contributed by atoms with E-state index in [0.717, 1.165) is 12.8 Å².